The minimum absolute atomic E-state index is 0.111. The van der Waals surface area contributed by atoms with E-state index < -0.39 is 9.84 Å². The van der Waals surface area contributed by atoms with Crippen molar-refractivity contribution in [2.45, 2.75) is 6.54 Å². The van der Waals surface area contributed by atoms with Crippen molar-refractivity contribution in [1.82, 2.24) is 9.78 Å². The smallest absolute Gasteiger partial charge is 0.149 e. The molecule has 0 aliphatic heterocycles. The molecule has 0 N–H and O–H groups in total. The van der Waals surface area contributed by atoms with Crippen LogP contribution in [0.2, 0.25) is 0 Å². The third-order valence-electron chi connectivity index (χ3n) is 2.51. The quantitative estimate of drug-likeness (QED) is 0.769. The lowest BCUT2D eigenvalue weighted by Crippen LogP contribution is -2.11. The van der Waals surface area contributed by atoms with E-state index in [0.717, 1.165) is 14.7 Å². The molecule has 0 fully saturated rings. The van der Waals surface area contributed by atoms with Crippen molar-refractivity contribution in [2.75, 3.05) is 12.0 Å². The van der Waals surface area contributed by atoms with Gasteiger partial charge in [0, 0.05) is 21.6 Å². The number of nitrogens with zero attached hydrogens (tertiary/aromatic N) is 2. The lowest BCUT2D eigenvalue weighted by Gasteiger charge is -2.01. The number of halogens is 1. The van der Waals surface area contributed by atoms with Crippen molar-refractivity contribution in [3.05, 3.63) is 40.2 Å². The van der Waals surface area contributed by atoms with Gasteiger partial charge >= 0.3 is 0 Å². The Labute approximate surface area is 120 Å². The van der Waals surface area contributed by atoms with Crippen molar-refractivity contribution < 1.29 is 8.42 Å². The Kier molecular flexibility index (Phi) is 4.06. The van der Waals surface area contributed by atoms with Crippen molar-refractivity contribution in [1.29, 1.82) is 0 Å². The van der Waals surface area contributed by atoms with Gasteiger partial charge in [0.25, 0.3) is 0 Å². The molecule has 0 aliphatic rings. The van der Waals surface area contributed by atoms with E-state index in [9.17, 15) is 8.42 Å². The largest absolute Gasteiger partial charge is 0.271 e. The summed E-state index contributed by atoms with van der Waals surface area (Å²) in [4.78, 5) is 0. The van der Waals surface area contributed by atoms with Crippen LogP contribution in [0.4, 0.5) is 0 Å². The first-order valence-electron chi connectivity index (χ1n) is 5.41. The maximum absolute atomic E-state index is 11.1. The summed E-state index contributed by atoms with van der Waals surface area (Å²) in [6, 6.07) is 8.02. The van der Waals surface area contributed by atoms with Crippen LogP contribution in [-0.2, 0) is 16.4 Å². The van der Waals surface area contributed by atoms with Crippen LogP contribution in [0.1, 0.15) is 0 Å². The Morgan fingerprint density at radius 1 is 1.33 bits per heavy atom. The first-order chi connectivity index (χ1) is 8.46. The number of rotatable bonds is 4. The van der Waals surface area contributed by atoms with E-state index in [0.29, 0.717) is 6.54 Å². The van der Waals surface area contributed by atoms with Gasteiger partial charge < -0.3 is 0 Å². The predicted octanol–water partition coefficient (Wildman–Crippen LogP) is 2.20. The van der Waals surface area contributed by atoms with Gasteiger partial charge in [-0.05, 0) is 34.2 Å². The Morgan fingerprint density at radius 3 is 2.72 bits per heavy atom. The van der Waals surface area contributed by atoms with Crippen LogP contribution in [0.5, 0.6) is 0 Å². The number of hydrogen-bond donors (Lipinski definition) is 0. The molecule has 0 amide bonds. The highest BCUT2D eigenvalue weighted by atomic mass is 127. The maximum atomic E-state index is 11.1. The molecule has 6 heteroatoms. The van der Waals surface area contributed by atoms with E-state index in [1.54, 1.807) is 10.9 Å². The number of aromatic nitrogens is 2. The fraction of sp³-hybridized carbons (Fsp3) is 0.250. The third kappa shape index (κ3) is 3.55. The Morgan fingerprint density at radius 2 is 2.06 bits per heavy atom. The third-order valence-corrected chi connectivity index (χ3v) is 4.37. The Bertz CT molecular complexity index is 650. The molecule has 0 bridgehead atoms. The molecule has 0 saturated heterocycles. The highest BCUT2D eigenvalue weighted by Crippen LogP contribution is 2.24. The number of sulfone groups is 1. The first kappa shape index (κ1) is 13.5. The second-order valence-corrected chi connectivity index (χ2v) is 7.52. The van der Waals surface area contributed by atoms with Crippen molar-refractivity contribution in [3.63, 3.8) is 0 Å². The summed E-state index contributed by atoms with van der Waals surface area (Å²) in [5, 5.41) is 4.19. The highest BCUT2D eigenvalue weighted by Gasteiger charge is 2.07. The average Bonchev–Trinajstić information content (AvgIpc) is 2.75. The van der Waals surface area contributed by atoms with E-state index in [2.05, 4.69) is 27.7 Å². The molecule has 0 aliphatic carbocycles. The van der Waals surface area contributed by atoms with E-state index in [-0.39, 0.29) is 5.75 Å². The number of benzene rings is 1. The number of hydrogen-bond acceptors (Lipinski definition) is 3. The van der Waals surface area contributed by atoms with Crippen LogP contribution in [-0.4, -0.2) is 30.2 Å². The fourth-order valence-corrected chi connectivity index (χ4v) is 2.80. The molecule has 0 saturated carbocycles. The van der Waals surface area contributed by atoms with E-state index in [1.807, 2.05) is 30.5 Å². The second kappa shape index (κ2) is 5.40. The molecule has 1 aromatic heterocycles. The van der Waals surface area contributed by atoms with Gasteiger partial charge in [-0.1, -0.05) is 18.2 Å². The molecule has 4 nitrogen and oxygen atoms in total. The van der Waals surface area contributed by atoms with Gasteiger partial charge in [0.2, 0.25) is 0 Å². The molecule has 18 heavy (non-hydrogen) atoms. The summed E-state index contributed by atoms with van der Waals surface area (Å²) >= 11 is 2.27. The highest BCUT2D eigenvalue weighted by molar-refractivity contribution is 14.1. The molecule has 0 radical (unpaired) electrons. The molecule has 2 aromatic rings. The summed E-state index contributed by atoms with van der Waals surface area (Å²) in [5.41, 5.74) is 2.12. The molecule has 0 unspecified atom stereocenters. The van der Waals surface area contributed by atoms with Crippen LogP contribution in [0.3, 0.4) is 0 Å². The molecular weight excluding hydrogens is 363 g/mol. The van der Waals surface area contributed by atoms with Crippen molar-refractivity contribution in [2.24, 2.45) is 0 Å². The zero-order valence-electron chi connectivity index (χ0n) is 9.88. The molecule has 0 spiro atoms. The summed E-state index contributed by atoms with van der Waals surface area (Å²) in [6.07, 6.45) is 4.87. The molecule has 2 rings (SSSR count). The monoisotopic (exact) mass is 376 g/mol. The van der Waals surface area contributed by atoms with Gasteiger partial charge in [-0.2, -0.15) is 5.10 Å². The zero-order valence-corrected chi connectivity index (χ0v) is 12.8. The van der Waals surface area contributed by atoms with Gasteiger partial charge in [-0.3, -0.25) is 4.68 Å². The first-order valence-corrected chi connectivity index (χ1v) is 8.55. The molecule has 1 aromatic carbocycles. The Hall–Kier alpha value is -0.890. The normalized spacial score (nSPS) is 11.7. The SMILES string of the molecule is CS(=O)(=O)CCn1cc(-c2ccccc2I)cn1. The van der Waals surface area contributed by atoms with Gasteiger partial charge in [-0.25, -0.2) is 8.42 Å². The number of aryl methyl sites for hydroxylation is 1. The summed E-state index contributed by atoms with van der Waals surface area (Å²) in [6.45, 7) is 0.391. The van der Waals surface area contributed by atoms with Crippen LogP contribution < -0.4 is 0 Å². The maximum Gasteiger partial charge on any atom is 0.149 e. The Balaban J connectivity index is 2.19. The molecule has 96 valence electrons. The average molecular weight is 376 g/mol. The van der Waals surface area contributed by atoms with Crippen molar-refractivity contribution >= 4 is 32.4 Å². The lowest BCUT2D eigenvalue weighted by atomic mass is 10.1. The molecular formula is C12H13IN2O2S. The summed E-state index contributed by atoms with van der Waals surface area (Å²) in [5.74, 6) is 0.111. The van der Waals surface area contributed by atoms with Crippen LogP contribution in [0, 0.1) is 3.57 Å². The topological polar surface area (TPSA) is 52.0 Å². The minimum atomic E-state index is -2.95. The van der Waals surface area contributed by atoms with Gasteiger partial charge in [0.15, 0.2) is 0 Å². The van der Waals surface area contributed by atoms with Gasteiger partial charge in [0.05, 0.1) is 18.5 Å². The predicted molar refractivity (Wildman–Crippen MR) is 80.1 cm³/mol. The van der Waals surface area contributed by atoms with Crippen molar-refractivity contribution in [3.8, 4) is 11.1 Å². The van der Waals surface area contributed by atoms with Gasteiger partial charge in [-0.15, -0.1) is 0 Å². The van der Waals surface area contributed by atoms with E-state index in [4.69, 9.17) is 0 Å². The molecule has 1 heterocycles. The molecule has 0 atom stereocenters. The standard InChI is InChI=1S/C12H13IN2O2S/c1-18(16,17)7-6-15-9-10(8-14-15)11-4-2-3-5-12(11)13/h2-5,8-9H,6-7H2,1H3. The fourth-order valence-electron chi connectivity index (χ4n) is 1.58. The van der Waals surface area contributed by atoms with Crippen LogP contribution in [0.15, 0.2) is 36.7 Å². The lowest BCUT2D eigenvalue weighted by molar-refractivity contribution is 0.586. The second-order valence-electron chi connectivity index (χ2n) is 4.10. The zero-order chi connectivity index (χ0) is 13.2. The summed E-state index contributed by atoms with van der Waals surface area (Å²) < 4.78 is 25.0. The van der Waals surface area contributed by atoms with Crippen LogP contribution in [0.25, 0.3) is 11.1 Å². The van der Waals surface area contributed by atoms with Crippen LogP contribution >= 0.6 is 22.6 Å². The minimum Gasteiger partial charge on any atom is -0.271 e. The summed E-state index contributed by atoms with van der Waals surface area (Å²) in [7, 11) is -2.95. The van der Waals surface area contributed by atoms with Gasteiger partial charge in [0.1, 0.15) is 9.84 Å². The van der Waals surface area contributed by atoms with E-state index >= 15 is 0 Å². The van der Waals surface area contributed by atoms with E-state index in [1.165, 1.54) is 6.26 Å².